The first-order chi connectivity index (χ1) is 16.9. The van der Waals surface area contributed by atoms with Crippen LogP contribution in [-0.2, 0) is 11.4 Å². The molecule has 0 fully saturated rings. The summed E-state index contributed by atoms with van der Waals surface area (Å²) in [5.41, 5.74) is 6.12. The van der Waals surface area contributed by atoms with Crippen molar-refractivity contribution in [2.45, 2.75) is 58.0 Å². The molecule has 0 saturated carbocycles. The van der Waals surface area contributed by atoms with E-state index < -0.39 is 24.3 Å². The third kappa shape index (κ3) is 7.04. The molecule has 194 valence electrons. The van der Waals surface area contributed by atoms with Crippen molar-refractivity contribution in [3.05, 3.63) is 77.6 Å². The van der Waals surface area contributed by atoms with Gasteiger partial charge in [-0.3, -0.25) is 4.79 Å². The van der Waals surface area contributed by atoms with Crippen LogP contribution in [0.5, 0.6) is 11.5 Å². The summed E-state index contributed by atoms with van der Waals surface area (Å²) in [6, 6.07) is 11.0. The van der Waals surface area contributed by atoms with Gasteiger partial charge in [0.1, 0.15) is 24.1 Å². The first kappa shape index (κ1) is 27.1. The van der Waals surface area contributed by atoms with Crippen LogP contribution in [0.1, 0.15) is 55.7 Å². The second kappa shape index (κ2) is 11.1. The van der Waals surface area contributed by atoms with Crippen molar-refractivity contribution in [2.24, 2.45) is 5.41 Å². The summed E-state index contributed by atoms with van der Waals surface area (Å²) in [7, 11) is 0. The van der Waals surface area contributed by atoms with Gasteiger partial charge in [0.25, 0.3) is 0 Å². The van der Waals surface area contributed by atoms with Crippen LogP contribution >= 0.6 is 0 Å². The number of alkyl halides is 3. The molecule has 0 spiro atoms. The number of allylic oxidation sites excluding steroid dienone is 2. The molecule has 1 aliphatic carbocycles. The maximum atomic E-state index is 13.1. The van der Waals surface area contributed by atoms with Crippen molar-refractivity contribution < 1.29 is 43.4 Å². The first-order valence-electron chi connectivity index (χ1n) is 11.6. The fraction of sp³-hybridized carbons (Fsp3) is 0.370. The van der Waals surface area contributed by atoms with Crippen LogP contribution in [0, 0.1) is 5.41 Å². The number of carboxylic acid groups (broad SMARTS) is 1. The average molecular weight is 507 g/mol. The number of benzene rings is 2. The van der Waals surface area contributed by atoms with Crippen LogP contribution in [-0.4, -0.2) is 28.6 Å². The Bertz CT molecular complexity index is 1120. The van der Waals surface area contributed by atoms with E-state index >= 15 is 0 Å². The van der Waals surface area contributed by atoms with Crippen LogP contribution in [0.2, 0.25) is 0 Å². The van der Waals surface area contributed by atoms with Gasteiger partial charge in [-0.2, -0.15) is 0 Å². The van der Waals surface area contributed by atoms with E-state index in [0.717, 1.165) is 24.7 Å². The molecular weight excluding hydrogens is 475 g/mol. The number of hydrogen-bond acceptors (Lipinski definition) is 4. The summed E-state index contributed by atoms with van der Waals surface area (Å²) >= 11 is 0. The fourth-order valence-corrected chi connectivity index (χ4v) is 4.48. The Balaban J connectivity index is 1.77. The van der Waals surface area contributed by atoms with Gasteiger partial charge in [-0.15, -0.1) is 13.2 Å². The van der Waals surface area contributed by atoms with Crippen LogP contribution in [0.25, 0.3) is 5.57 Å². The number of carbonyl (C=O) groups is 1. The topological polar surface area (TPSA) is 104 Å². The van der Waals surface area contributed by atoms with Gasteiger partial charge >= 0.3 is 12.3 Å². The second-order valence-electron chi connectivity index (χ2n) is 9.49. The van der Waals surface area contributed by atoms with Crippen molar-refractivity contribution in [3.8, 4) is 11.5 Å². The van der Waals surface area contributed by atoms with Gasteiger partial charge in [-0.25, -0.2) is 0 Å². The van der Waals surface area contributed by atoms with Crippen LogP contribution in [0.15, 0.2) is 60.9 Å². The number of quaternary nitrogens is 1. The number of rotatable bonds is 10. The number of ether oxygens (including phenoxy) is 2. The van der Waals surface area contributed by atoms with Crippen molar-refractivity contribution in [1.29, 1.82) is 0 Å². The zero-order valence-corrected chi connectivity index (χ0v) is 20.2. The SMILES string of the molecule is CC1(C)CCC=C1c1ccc(COc2ccc([C@H](CC(=O)O)C([NH3+])/C=C\O)cc2)cc1OC(F)(F)F. The molecule has 1 unspecified atom stereocenters. The lowest BCUT2D eigenvalue weighted by Crippen LogP contribution is -2.62. The van der Waals surface area contributed by atoms with Crippen LogP contribution < -0.4 is 15.2 Å². The molecule has 3 rings (SSSR count). The van der Waals surface area contributed by atoms with Gasteiger partial charge in [0.15, 0.2) is 0 Å². The standard InChI is InChI=1S/C27H30F3NO5/c1-26(2)12-3-4-22(26)20-10-5-17(14-24(20)36-27(28,29)30)16-35-19-8-6-18(7-9-19)21(15-25(33)34)23(31)11-13-32/h4-11,13-14,21,23,32H,3,12,15-16,31H2,1-2H3,(H,33,34)/p+1/b13-11-/t21-,23?/m0/s1. The van der Waals surface area contributed by atoms with Crippen molar-refractivity contribution in [2.75, 3.05) is 0 Å². The molecule has 0 heterocycles. The monoisotopic (exact) mass is 506 g/mol. The van der Waals surface area contributed by atoms with E-state index in [-0.39, 0.29) is 24.2 Å². The minimum absolute atomic E-state index is 0.0139. The van der Waals surface area contributed by atoms with E-state index in [1.807, 2.05) is 19.9 Å². The summed E-state index contributed by atoms with van der Waals surface area (Å²) in [5.74, 6) is -1.23. The molecule has 0 radical (unpaired) electrons. The molecule has 0 aliphatic heterocycles. The van der Waals surface area contributed by atoms with Gasteiger partial charge in [-0.1, -0.05) is 44.2 Å². The molecule has 36 heavy (non-hydrogen) atoms. The Morgan fingerprint density at radius 1 is 1.19 bits per heavy atom. The van der Waals surface area contributed by atoms with Crippen molar-refractivity contribution in [1.82, 2.24) is 0 Å². The molecule has 2 aromatic rings. The lowest BCUT2D eigenvalue weighted by molar-refractivity contribution is -0.409. The van der Waals surface area contributed by atoms with Crippen molar-refractivity contribution in [3.63, 3.8) is 0 Å². The van der Waals surface area contributed by atoms with Crippen LogP contribution in [0.4, 0.5) is 13.2 Å². The number of aliphatic hydroxyl groups excluding tert-OH is 1. The van der Waals surface area contributed by atoms with Gasteiger partial charge in [0.05, 0.1) is 18.6 Å². The summed E-state index contributed by atoms with van der Waals surface area (Å²) in [6.45, 7) is 4.02. The Labute approximate surface area is 207 Å². The van der Waals surface area contributed by atoms with Gasteiger partial charge in [0.2, 0.25) is 0 Å². The molecule has 5 N–H and O–H groups in total. The van der Waals surface area contributed by atoms with Gasteiger partial charge < -0.3 is 25.4 Å². The molecule has 2 atom stereocenters. The quantitative estimate of drug-likeness (QED) is 0.364. The molecule has 0 amide bonds. The summed E-state index contributed by atoms with van der Waals surface area (Å²) < 4.78 is 49.6. The van der Waals surface area contributed by atoms with Gasteiger partial charge in [0, 0.05) is 11.6 Å². The summed E-state index contributed by atoms with van der Waals surface area (Å²) in [5, 5.41) is 18.2. The highest BCUT2D eigenvalue weighted by atomic mass is 19.4. The smallest absolute Gasteiger partial charge is 0.516 e. The molecule has 0 aromatic heterocycles. The molecular formula is C27H31F3NO5+. The summed E-state index contributed by atoms with van der Waals surface area (Å²) in [4.78, 5) is 11.3. The Hall–Kier alpha value is -3.46. The lowest BCUT2D eigenvalue weighted by atomic mass is 9.81. The van der Waals surface area contributed by atoms with E-state index in [9.17, 15) is 23.1 Å². The molecule has 0 saturated heterocycles. The number of aliphatic hydroxyl groups is 1. The maximum Gasteiger partial charge on any atom is 0.573 e. The number of carboxylic acids is 1. The maximum absolute atomic E-state index is 13.1. The van der Waals surface area contributed by atoms with E-state index in [4.69, 9.17) is 9.84 Å². The predicted octanol–water partition coefficient (Wildman–Crippen LogP) is 5.61. The number of hydrogen-bond donors (Lipinski definition) is 3. The third-order valence-corrected chi connectivity index (χ3v) is 6.37. The Kier molecular flexibility index (Phi) is 8.35. The van der Waals surface area contributed by atoms with E-state index in [0.29, 0.717) is 22.4 Å². The second-order valence-corrected chi connectivity index (χ2v) is 9.49. The largest absolute Gasteiger partial charge is 0.573 e. The normalized spacial score (nSPS) is 17.0. The Morgan fingerprint density at radius 2 is 1.89 bits per heavy atom. The summed E-state index contributed by atoms with van der Waals surface area (Å²) in [6.07, 6.45) is 0.888. The predicted molar refractivity (Wildman–Crippen MR) is 128 cm³/mol. The van der Waals surface area contributed by atoms with Crippen molar-refractivity contribution >= 4 is 11.5 Å². The minimum Gasteiger partial charge on any atom is -0.516 e. The number of aliphatic carboxylic acids is 1. The molecule has 9 heteroatoms. The molecule has 0 bridgehead atoms. The number of halogens is 3. The zero-order valence-electron chi connectivity index (χ0n) is 20.2. The molecule has 2 aromatic carbocycles. The average Bonchev–Trinajstić information content (AvgIpc) is 3.14. The first-order valence-corrected chi connectivity index (χ1v) is 11.6. The van der Waals surface area contributed by atoms with Gasteiger partial charge in [-0.05, 0) is 53.2 Å². The molecule has 6 nitrogen and oxygen atoms in total. The molecule has 1 aliphatic rings. The van der Waals surface area contributed by atoms with E-state index in [2.05, 4.69) is 10.5 Å². The fourth-order valence-electron chi connectivity index (χ4n) is 4.48. The third-order valence-electron chi connectivity index (χ3n) is 6.37. The van der Waals surface area contributed by atoms with Crippen LogP contribution in [0.3, 0.4) is 0 Å². The zero-order chi connectivity index (χ0) is 26.5. The van der Waals surface area contributed by atoms with E-state index in [1.165, 1.54) is 12.1 Å². The Morgan fingerprint density at radius 3 is 2.44 bits per heavy atom. The van der Waals surface area contributed by atoms with E-state index in [1.54, 1.807) is 36.4 Å². The lowest BCUT2D eigenvalue weighted by Gasteiger charge is -2.25. The highest BCUT2D eigenvalue weighted by Crippen LogP contribution is 2.47. The highest BCUT2D eigenvalue weighted by molar-refractivity contribution is 5.76. The highest BCUT2D eigenvalue weighted by Gasteiger charge is 2.35. The minimum atomic E-state index is -4.82.